The zero-order valence-corrected chi connectivity index (χ0v) is 16.4. The SMILES string of the molecule is CCC(C(=O)Nc1nnc(SCc2ccc(C#N)cc2)s1)c1ccccc1. The maximum absolute atomic E-state index is 12.6. The van der Waals surface area contributed by atoms with Gasteiger partial charge in [0.2, 0.25) is 11.0 Å². The topological polar surface area (TPSA) is 78.7 Å². The van der Waals surface area contributed by atoms with E-state index in [2.05, 4.69) is 21.6 Å². The lowest BCUT2D eigenvalue weighted by Crippen LogP contribution is -2.20. The Labute approximate surface area is 166 Å². The number of benzene rings is 2. The molecule has 5 nitrogen and oxygen atoms in total. The van der Waals surface area contributed by atoms with E-state index < -0.39 is 0 Å². The van der Waals surface area contributed by atoms with Crippen molar-refractivity contribution in [2.75, 3.05) is 5.32 Å². The third-order valence-corrected chi connectivity index (χ3v) is 6.05. The zero-order valence-electron chi connectivity index (χ0n) is 14.8. The summed E-state index contributed by atoms with van der Waals surface area (Å²) < 4.78 is 0.794. The Morgan fingerprint density at radius 1 is 1.19 bits per heavy atom. The molecule has 3 rings (SSSR count). The number of amides is 1. The third kappa shape index (κ3) is 5.16. The van der Waals surface area contributed by atoms with E-state index in [1.807, 2.05) is 49.4 Å². The Morgan fingerprint density at radius 3 is 2.59 bits per heavy atom. The predicted octanol–water partition coefficient (Wildman–Crippen LogP) is 4.83. The van der Waals surface area contributed by atoms with Crippen LogP contribution in [0.4, 0.5) is 5.13 Å². The van der Waals surface area contributed by atoms with Gasteiger partial charge in [0.05, 0.1) is 17.6 Å². The Morgan fingerprint density at radius 2 is 1.93 bits per heavy atom. The van der Waals surface area contributed by atoms with Crippen LogP contribution in [0.15, 0.2) is 58.9 Å². The first-order valence-electron chi connectivity index (χ1n) is 8.50. The van der Waals surface area contributed by atoms with E-state index in [-0.39, 0.29) is 11.8 Å². The van der Waals surface area contributed by atoms with E-state index in [4.69, 9.17) is 5.26 Å². The van der Waals surface area contributed by atoms with Crippen LogP contribution in [0, 0.1) is 11.3 Å². The monoisotopic (exact) mass is 394 g/mol. The Kier molecular flexibility index (Phi) is 6.58. The number of hydrogen-bond acceptors (Lipinski definition) is 6. The Balaban J connectivity index is 1.58. The average molecular weight is 395 g/mol. The lowest BCUT2D eigenvalue weighted by molar-refractivity contribution is -0.117. The minimum Gasteiger partial charge on any atom is -0.300 e. The molecule has 0 bridgehead atoms. The fraction of sp³-hybridized carbons (Fsp3) is 0.200. The van der Waals surface area contributed by atoms with Gasteiger partial charge in [-0.1, -0.05) is 72.5 Å². The summed E-state index contributed by atoms with van der Waals surface area (Å²) in [5.74, 6) is 0.462. The first kappa shape index (κ1) is 19.1. The molecule has 0 fully saturated rings. The number of nitriles is 1. The fourth-order valence-electron chi connectivity index (χ4n) is 2.59. The summed E-state index contributed by atoms with van der Waals surface area (Å²) in [4.78, 5) is 12.6. The van der Waals surface area contributed by atoms with Gasteiger partial charge in [0, 0.05) is 5.75 Å². The van der Waals surface area contributed by atoms with Gasteiger partial charge in [-0.3, -0.25) is 10.1 Å². The summed E-state index contributed by atoms with van der Waals surface area (Å²) in [6.45, 7) is 2.00. The number of thioether (sulfide) groups is 1. The lowest BCUT2D eigenvalue weighted by Gasteiger charge is -2.13. The van der Waals surface area contributed by atoms with E-state index in [9.17, 15) is 4.79 Å². The van der Waals surface area contributed by atoms with Crippen molar-refractivity contribution in [2.45, 2.75) is 29.4 Å². The van der Waals surface area contributed by atoms with Crippen LogP contribution in [0.25, 0.3) is 0 Å². The first-order valence-corrected chi connectivity index (χ1v) is 10.3. The molecule has 0 aliphatic rings. The second-order valence-electron chi connectivity index (χ2n) is 5.83. The molecule has 2 aromatic carbocycles. The molecule has 1 atom stereocenters. The van der Waals surface area contributed by atoms with Crippen LogP contribution in [-0.2, 0) is 10.5 Å². The molecule has 136 valence electrons. The number of nitrogens with zero attached hydrogens (tertiary/aromatic N) is 3. The van der Waals surface area contributed by atoms with Gasteiger partial charge in [0.15, 0.2) is 4.34 Å². The van der Waals surface area contributed by atoms with Crippen molar-refractivity contribution in [2.24, 2.45) is 0 Å². The quantitative estimate of drug-likeness (QED) is 0.458. The van der Waals surface area contributed by atoms with Crippen LogP contribution in [0.2, 0.25) is 0 Å². The van der Waals surface area contributed by atoms with Gasteiger partial charge in [-0.2, -0.15) is 5.26 Å². The van der Waals surface area contributed by atoms with Crippen LogP contribution in [0.3, 0.4) is 0 Å². The molecule has 0 saturated carbocycles. The van der Waals surface area contributed by atoms with Crippen molar-refractivity contribution in [3.05, 3.63) is 71.3 Å². The Hall–Kier alpha value is -2.69. The highest BCUT2D eigenvalue weighted by Crippen LogP contribution is 2.29. The molecule has 27 heavy (non-hydrogen) atoms. The van der Waals surface area contributed by atoms with Crippen molar-refractivity contribution in [1.82, 2.24) is 10.2 Å². The molecule has 3 aromatic rings. The normalized spacial score (nSPS) is 11.6. The molecular weight excluding hydrogens is 376 g/mol. The molecule has 0 saturated heterocycles. The smallest absolute Gasteiger partial charge is 0.233 e. The highest BCUT2D eigenvalue weighted by Gasteiger charge is 2.20. The summed E-state index contributed by atoms with van der Waals surface area (Å²) in [5.41, 5.74) is 2.75. The fourth-order valence-corrected chi connectivity index (χ4v) is 4.30. The summed E-state index contributed by atoms with van der Waals surface area (Å²) in [7, 11) is 0. The van der Waals surface area contributed by atoms with Crippen LogP contribution in [0.5, 0.6) is 0 Å². The molecule has 0 aliphatic heterocycles. The maximum atomic E-state index is 12.6. The molecular formula is C20H18N4OS2. The molecule has 0 spiro atoms. The van der Waals surface area contributed by atoms with Crippen LogP contribution < -0.4 is 5.32 Å². The predicted molar refractivity (Wildman–Crippen MR) is 109 cm³/mol. The number of hydrogen-bond donors (Lipinski definition) is 1. The number of rotatable bonds is 7. The zero-order chi connectivity index (χ0) is 19.1. The van der Waals surface area contributed by atoms with Gasteiger partial charge in [-0.15, -0.1) is 10.2 Å². The van der Waals surface area contributed by atoms with E-state index in [1.54, 1.807) is 23.9 Å². The number of carbonyl (C=O) groups is 1. The van der Waals surface area contributed by atoms with Crippen LogP contribution >= 0.6 is 23.1 Å². The van der Waals surface area contributed by atoms with Crippen molar-refractivity contribution in [3.8, 4) is 6.07 Å². The van der Waals surface area contributed by atoms with Gasteiger partial charge >= 0.3 is 0 Å². The number of nitrogens with one attached hydrogen (secondary N) is 1. The second kappa shape index (κ2) is 9.31. The number of aromatic nitrogens is 2. The van der Waals surface area contributed by atoms with Crippen LogP contribution in [0.1, 0.15) is 36.0 Å². The van der Waals surface area contributed by atoms with Gasteiger partial charge in [0.25, 0.3) is 0 Å². The molecule has 1 aromatic heterocycles. The number of carbonyl (C=O) groups excluding carboxylic acids is 1. The summed E-state index contributed by atoms with van der Waals surface area (Å²) in [6, 6.07) is 19.3. The van der Waals surface area contributed by atoms with E-state index >= 15 is 0 Å². The standard InChI is InChI=1S/C20H18N4OS2/c1-2-17(16-6-4-3-5-7-16)18(25)22-19-23-24-20(27-19)26-13-15-10-8-14(12-21)9-11-15/h3-11,17H,2,13H2,1H3,(H,22,23,25). The summed E-state index contributed by atoms with van der Waals surface area (Å²) in [6.07, 6.45) is 0.717. The molecule has 0 aliphatic carbocycles. The Bertz CT molecular complexity index is 933. The average Bonchev–Trinajstić information content (AvgIpc) is 3.15. The van der Waals surface area contributed by atoms with E-state index in [1.165, 1.54) is 11.3 Å². The van der Waals surface area contributed by atoms with E-state index in [0.717, 1.165) is 27.6 Å². The van der Waals surface area contributed by atoms with Gasteiger partial charge < -0.3 is 0 Å². The second-order valence-corrected chi connectivity index (χ2v) is 8.03. The molecule has 7 heteroatoms. The van der Waals surface area contributed by atoms with Crippen molar-refractivity contribution >= 4 is 34.1 Å². The molecule has 1 heterocycles. The molecule has 0 radical (unpaired) electrons. The van der Waals surface area contributed by atoms with Gasteiger partial charge in [-0.05, 0) is 29.7 Å². The minimum atomic E-state index is -0.204. The summed E-state index contributed by atoms with van der Waals surface area (Å²) >= 11 is 2.92. The lowest BCUT2D eigenvalue weighted by atomic mass is 9.96. The summed E-state index contributed by atoms with van der Waals surface area (Å²) in [5, 5.41) is 20.4. The van der Waals surface area contributed by atoms with Crippen molar-refractivity contribution in [3.63, 3.8) is 0 Å². The van der Waals surface area contributed by atoms with Crippen LogP contribution in [-0.4, -0.2) is 16.1 Å². The third-order valence-electron chi connectivity index (χ3n) is 4.01. The first-order chi connectivity index (χ1) is 13.2. The van der Waals surface area contributed by atoms with E-state index in [0.29, 0.717) is 10.7 Å². The maximum Gasteiger partial charge on any atom is 0.233 e. The molecule has 1 amide bonds. The van der Waals surface area contributed by atoms with Gasteiger partial charge in [0.1, 0.15) is 0 Å². The van der Waals surface area contributed by atoms with Crippen molar-refractivity contribution in [1.29, 1.82) is 5.26 Å². The molecule has 1 unspecified atom stereocenters. The highest BCUT2D eigenvalue weighted by molar-refractivity contribution is 8.00. The largest absolute Gasteiger partial charge is 0.300 e. The van der Waals surface area contributed by atoms with Gasteiger partial charge in [-0.25, -0.2) is 0 Å². The highest BCUT2D eigenvalue weighted by atomic mass is 32.2. The number of anilines is 1. The minimum absolute atomic E-state index is 0.0662. The van der Waals surface area contributed by atoms with Crippen molar-refractivity contribution < 1.29 is 4.79 Å². The molecule has 1 N–H and O–H groups in total.